The van der Waals surface area contributed by atoms with E-state index in [-0.39, 0.29) is 23.6 Å². The first kappa shape index (κ1) is 20.5. The van der Waals surface area contributed by atoms with Crippen molar-refractivity contribution in [2.24, 2.45) is 0 Å². The summed E-state index contributed by atoms with van der Waals surface area (Å²) in [5, 5.41) is 8.35. The molecule has 0 atom stereocenters. The van der Waals surface area contributed by atoms with Crippen molar-refractivity contribution in [1.82, 2.24) is 20.1 Å². The first-order valence-electron chi connectivity index (χ1n) is 10.3. The molecule has 1 amide bonds. The number of thiazole rings is 1. The van der Waals surface area contributed by atoms with Crippen molar-refractivity contribution < 1.29 is 4.79 Å². The predicted molar refractivity (Wildman–Crippen MR) is 121 cm³/mol. The number of nitrogens with zero attached hydrogens (tertiary/aromatic N) is 4. The summed E-state index contributed by atoms with van der Waals surface area (Å²) in [4.78, 5) is 32.6. The number of carbonyl (C=O) groups is 1. The lowest BCUT2D eigenvalue weighted by molar-refractivity contribution is -0.123. The summed E-state index contributed by atoms with van der Waals surface area (Å²) in [7, 11) is 0. The third kappa shape index (κ3) is 4.38. The molecule has 158 valence electrons. The third-order valence-corrected chi connectivity index (χ3v) is 6.09. The number of amides is 1. The van der Waals surface area contributed by atoms with Crippen molar-refractivity contribution in [3.8, 4) is 11.3 Å². The molecule has 1 aromatic carbocycles. The third-order valence-electron chi connectivity index (χ3n) is 4.97. The van der Waals surface area contributed by atoms with Crippen LogP contribution in [-0.2, 0) is 11.3 Å². The maximum atomic E-state index is 13.2. The van der Waals surface area contributed by atoms with Crippen LogP contribution in [-0.4, -0.2) is 39.3 Å². The van der Waals surface area contributed by atoms with Gasteiger partial charge in [0.05, 0.1) is 4.70 Å². The fourth-order valence-electron chi connectivity index (χ4n) is 3.65. The van der Waals surface area contributed by atoms with Gasteiger partial charge < -0.3 is 10.2 Å². The summed E-state index contributed by atoms with van der Waals surface area (Å²) >= 11 is 1.52. The van der Waals surface area contributed by atoms with E-state index in [0.29, 0.717) is 11.2 Å². The molecule has 30 heavy (non-hydrogen) atoms. The van der Waals surface area contributed by atoms with Crippen molar-refractivity contribution in [2.45, 2.75) is 52.1 Å². The number of aromatic nitrogens is 3. The zero-order valence-corrected chi connectivity index (χ0v) is 18.5. The lowest BCUT2D eigenvalue weighted by atomic mass is 10.1. The number of carbonyl (C=O) groups excluding carboxylic acids is 1. The van der Waals surface area contributed by atoms with Gasteiger partial charge in [-0.1, -0.05) is 41.7 Å². The van der Waals surface area contributed by atoms with E-state index in [4.69, 9.17) is 4.98 Å². The maximum absolute atomic E-state index is 13.2. The Labute approximate surface area is 179 Å². The average Bonchev–Trinajstić information content (AvgIpc) is 3.16. The largest absolute Gasteiger partial charge is 0.350 e. The van der Waals surface area contributed by atoms with Gasteiger partial charge in [-0.05, 0) is 40.0 Å². The van der Waals surface area contributed by atoms with Crippen LogP contribution in [0.1, 0.15) is 40.0 Å². The molecule has 0 radical (unpaired) electrons. The molecule has 1 saturated heterocycles. The van der Waals surface area contributed by atoms with E-state index in [9.17, 15) is 9.59 Å². The van der Waals surface area contributed by atoms with Gasteiger partial charge in [0.2, 0.25) is 5.91 Å². The van der Waals surface area contributed by atoms with Crippen LogP contribution in [0.2, 0.25) is 0 Å². The molecule has 4 rings (SSSR count). The van der Waals surface area contributed by atoms with Crippen molar-refractivity contribution in [3.63, 3.8) is 0 Å². The highest BCUT2D eigenvalue weighted by Crippen LogP contribution is 2.34. The molecule has 0 aliphatic carbocycles. The first-order valence-corrected chi connectivity index (χ1v) is 11.2. The second-order valence-electron chi connectivity index (χ2n) is 8.70. The zero-order chi connectivity index (χ0) is 21.3. The molecule has 0 saturated carbocycles. The standard InChI is InChI=1S/C22H27N5O2S/c1-22(2,3)24-16(28)14-27-20(29)18-19(17(25-27)15-10-6-4-7-11-15)30-21(23-18)26-12-8-5-9-13-26/h4,6-7,10-11H,5,8-9,12-14H2,1-3H3,(H,24,28). The highest BCUT2D eigenvalue weighted by Gasteiger charge is 2.22. The van der Waals surface area contributed by atoms with Crippen molar-refractivity contribution >= 4 is 32.6 Å². The number of benzene rings is 1. The average molecular weight is 426 g/mol. The van der Waals surface area contributed by atoms with Gasteiger partial charge in [0.25, 0.3) is 5.56 Å². The molecule has 3 heterocycles. The second kappa shape index (κ2) is 8.18. The summed E-state index contributed by atoms with van der Waals surface area (Å²) in [5.41, 5.74) is 1.27. The second-order valence-corrected chi connectivity index (χ2v) is 9.68. The van der Waals surface area contributed by atoms with Crippen LogP contribution in [0.4, 0.5) is 5.13 Å². The van der Waals surface area contributed by atoms with E-state index in [0.717, 1.165) is 41.3 Å². The van der Waals surface area contributed by atoms with Crippen molar-refractivity contribution in [2.75, 3.05) is 18.0 Å². The number of rotatable bonds is 4. The van der Waals surface area contributed by atoms with Gasteiger partial charge >= 0.3 is 0 Å². The molecular weight excluding hydrogens is 398 g/mol. The fourth-order valence-corrected chi connectivity index (χ4v) is 4.77. The monoisotopic (exact) mass is 425 g/mol. The van der Waals surface area contributed by atoms with Gasteiger partial charge in [-0.3, -0.25) is 9.59 Å². The number of fused-ring (bicyclic) bond motifs is 1. The summed E-state index contributed by atoms with van der Waals surface area (Å²) in [6, 6.07) is 9.76. The summed E-state index contributed by atoms with van der Waals surface area (Å²) < 4.78 is 2.02. The molecule has 0 bridgehead atoms. The molecule has 3 aromatic rings. The van der Waals surface area contributed by atoms with E-state index in [1.165, 1.54) is 22.4 Å². The molecular formula is C22H27N5O2S. The maximum Gasteiger partial charge on any atom is 0.294 e. The van der Waals surface area contributed by atoms with E-state index in [1.807, 2.05) is 51.1 Å². The number of hydrogen-bond donors (Lipinski definition) is 1. The molecule has 1 fully saturated rings. The van der Waals surface area contributed by atoms with Crippen LogP contribution in [0.3, 0.4) is 0 Å². The van der Waals surface area contributed by atoms with Crippen molar-refractivity contribution in [1.29, 1.82) is 0 Å². The van der Waals surface area contributed by atoms with E-state index >= 15 is 0 Å². The molecule has 1 aliphatic heterocycles. The Balaban J connectivity index is 1.81. The minimum atomic E-state index is -0.380. The molecule has 7 nitrogen and oxygen atoms in total. The van der Waals surface area contributed by atoms with Crippen LogP contribution in [0.15, 0.2) is 35.1 Å². The molecule has 2 aromatic heterocycles. The lowest BCUT2D eigenvalue weighted by Gasteiger charge is -2.25. The topological polar surface area (TPSA) is 80.1 Å². The van der Waals surface area contributed by atoms with Crippen molar-refractivity contribution in [3.05, 3.63) is 40.7 Å². The molecule has 0 spiro atoms. The van der Waals surface area contributed by atoms with E-state index in [1.54, 1.807) is 0 Å². The van der Waals surface area contributed by atoms with Gasteiger partial charge in [0, 0.05) is 24.2 Å². The SMILES string of the molecule is CC(C)(C)NC(=O)Cn1nc(-c2ccccc2)c2sc(N3CCCCC3)nc2c1=O. The number of piperidine rings is 1. The van der Waals surface area contributed by atoms with Gasteiger partial charge in [-0.15, -0.1) is 0 Å². The zero-order valence-electron chi connectivity index (χ0n) is 17.6. The van der Waals surface area contributed by atoms with Crippen LogP contribution in [0.25, 0.3) is 21.5 Å². The molecule has 1 N–H and O–H groups in total. The first-order chi connectivity index (χ1) is 14.3. The molecule has 0 unspecified atom stereocenters. The van der Waals surface area contributed by atoms with Crippen LogP contribution in [0.5, 0.6) is 0 Å². The predicted octanol–water partition coefficient (Wildman–Crippen LogP) is 3.43. The number of anilines is 1. The normalized spacial score (nSPS) is 14.8. The Kier molecular flexibility index (Phi) is 5.60. The Bertz CT molecular complexity index is 1110. The fraction of sp³-hybridized carbons (Fsp3) is 0.455. The van der Waals surface area contributed by atoms with E-state index < -0.39 is 0 Å². The quantitative estimate of drug-likeness (QED) is 0.693. The Hall–Kier alpha value is -2.74. The minimum Gasteiger partial charge on any atom is -0.350 e. The van der Waals surface area contributed by atoms with Gasteiger partial charge in [-0.25, -0.2) is 9.67 Å². The lowest BCUT2D eigenvalue weighted by Crippen LogP contribution is -2.44. The van der Waals surface area contributed by atoms with Gasteiger partial charge in [0.15, 0.2) is 10.6 Å². The van der Waals surface area contributed by atoms with Gasteiger partial charge in [0.1, 0.15) is 12.2 Å². The molecule has 1 aliphatic rings. The highest BCUT2D eigenvalue weighted by atomic mass is 32.1. The molecule has 8 heteroatoms. The Morgan fingerprint density at radius 3 is 2.50 bits per heavy atom. The Morgan fingerprint density at radius 2 is 1.83 bits per heavy atom. The summed E-state index contributed by atoms with van der Waals surface area (Å²) in [5.74, 6) is -0.248. The summed E-state index contributed by atoms with van der Waals surface area (Å²) in [6.07, 6.45) is 3.50. The van der Waals surface area contributed by atoms with Crippen LogP contribution in [0, 0.1) is 0 Å². The number of hydrogen-bond acceptors (Lipinski definition) is 6. The minimum absolute atomic E-state index is 0.136. The van der Waals surface area contributed by atoms with Crippen LogP contribution >= 0.6 is 11.3 Å². The highest BCUT2D eigenvalue weighted by molar-refractivity contribution is 7.22. The van der Waals surface area contributed by atoms with Gasteiger partial charge in [-0.2, -0.15) is 5.10 Å². The smallest absolute Gasteiger partial charge is 0.294 e. The Morgan fingerprint density at radius 1 is 1.13 bits per heavy atom. The summed E-state index contributed by atoms with van der Waals surface area (Å²) in [6.45, 7) is 7.50. The van der Waals surface area contributed by atoms with E-state index in [2.05, 4.69) is 15.3 Å². The van der Waals surface area contributed by atoms with Crippen LogP contribution < -0.4 is 15.8 Å². The number of nitrogens with one attached hydrogen (secondary N) is 1.